The third-order valence-corrected chi connectivity index (χ3v) is 4.40. The smallest absolute Gasteiger partial charge is 0.161 e. The van der Waals surface area contributed by atoms with Crippen molar-refractivity contribution in [2.75, 3.05) is 6.61 Å². The molecule has 1 aromatic carbocycles. The van der Waals surface area contributed by atoms with Crippen molar-refractivity contribution in [3.8, 4) is 11.5 Å². The Bertz CT molecular complexity index is 587. The number of aromatic hydroxyl groups is 1. The predicted octanol–water partition coefficient (Wildman–Crippen LogP) is 6.85. The summed E-state index contributed by atoms with van der Waals surface area (Å²) in [6.45, 7) is 4.84. The molecule has 1 rings (SSSR count). The first kappa shape index (κ1) is 23.0. The zero-order valence-corrected chi connectivity index (χ0v) is 17.1. The average molecular weight is 373 g/mol. The van der Waals surface area contributed by atoms with Gasteiger partial charge in [-0.15, -0.1) is 0 Å². The molecule has 27 heavy (non-hydrogen) atoms. The minimum Gasteiger partial charge on any atom is -0.504 e. The first-order valence-corrected chi connectivity index (χ1v) is 10.5. The summed E-state index contributed by atoms with van der Waals surface area (Å²) in [6, 6.07) is 5.25. The molecular weight excluding hydrogens is 336 g/mol. The van der Waals surface area contributed by atoms with E-state index in [4.69, 9.17) is 4.74 Å². The van der Waals surface area contributed by atoms with Crippen LogP contribution in [0.3, 0.4) is 0 Å². The van der Waals surface area contributed by atoms with Crippen LogP contribution >= 0.6 is 0 Å². The van der Waals surface area contributed by atoms with E-state index in [0.29, 0.717) is 18.8 Å². The van der Waals surface area contributed by atoms with E-state index in [2.05, 4.69) is 6.92 Å². The Labute approximate surface area is 165 Å². The van der Waals surface area contributed by atoms with Gasteiger partial charge < -0.3 is 9.84 Å². The van der Waals surface area contributed by atoms with Crippen LogP contribution in [0.2, 0.25) is 0 Å². The maximum absolute atomic E-state index is 11.9. The highest BCUT2D eigenvalue weighted by Gasteiger charge is 2.02. The normalized spacial score (nSPS) is 11.5. The van der Waals surface area contributed by atoms with Crippen LogP contribution in [0.4, 0.5) is 0 Å². The van der Waals surface area contributed by atoms with Gasteiger partial charge in [-0.1, -0.05) is 83.1 Å². The van der Waals surface area contributed by atoms with Crippen LogP contribution in [0.1, 0.15) is 83.6 Å². The number of phenolic OH excluding ortho intramolecular Hbond substituents is 1. The highest BCUT2D eigenvalue weighted by molar-refractivity contribution is 5.89. The molecule has 0 saturated heterocycles. The molecule has 0 saturated carbocycles. The third-order valence-electron chi connectivity index (χ3n) is 4.40. The molecule has 1 N–H and O–H groups in total. The van der Waals surface area contributed by atoms with Crippen LogP contribution in [0.25, 0.3) is 6.08 Å². The predicted molar refractivity (Wildman–Crippen MR) is 114 cm³/mol. The van der Waals surface area contributed by atoms with E-state index in [-0.39, 0.29) is 11.5 Å². The van der Waals surface area contributed by atoms with Crippen LogP contribution in [-0.4, -0.2) is 17.5 Å². The summed E-state index contributed by atoms with van der Waals surface area (Å²) in [4.78, 5) is 11.9. The summed E-state index contributed by atoms with van der Waals surface area (Å²) in [5.41, 5.74) is 0.930. The molecule has 0 heterocycles. The Kier molecular flexibility index (Phi) is 12.8. The van der Waals surface area contributed by atoms with Crippen molar-refractivity contribution in [3.63, 3.8) is 0 Å². The summed E-state index contributed by atoms with van der Waals surface area (Å²) in [7, 11) is 0. The molecule has 0 radical (unpaired) electrons. The van der Waals surface area contributed by atoms with Crippen LogP contribution < -0.4 is 4.74 Å². The molecule has 0 aliphatic rings. The van der Waals surface area contributed by atoms with Gasteiger partial charge in [-0.25, -0.2) is 0 Å². The fourth-order valence-corrected chi connectivity index (χ4v) is 2.81. The standard InChI is InChI=1S/C24H36O3/c1-3-5-6-7-8-9-10-11-15-22(25)16-13-12-14-21-17-18-23(26)24(20-21)27-19-4-2/h12-14,16-18,20,26H,3-11,15,19H2,1-2H3. The summed E-state index contributed by atoms with van der Waals surface area (Å²) >= 11 is 0. The second-order valence-corrected chi connectivity index (χ2v) is 6.99. The van der Waals surface area contributed by atoms with Crippen LogP contribution in [0.15, 0.2) is 36.4 Å². The monoisotopic (exact) mass is 372 g/mol. The summed E-state index contributed by atoms with van der Waals surface area (Å²) in [6.07, 6.45) is 18.7. The van der Waals surface area contributed by atoms with Crippen molar-refractivity contribution in [2.45, 2.75) is 78.1 Å². The van der Waals surface area contributed by atoms with E-state index in [0.717, 1.165) is 24.8 Å². The average Bonchev–Trinajstić information content (AvgIpc) is 2.67. The molecule has 1 aromatic rings. The molecule has 0 unspecified atom stereocenters. The van der Waals surface area contributed by atoms with Crippen molar-refractivity contribution in [1.82, 2.24) is 0 Å². The van der Waals surface area contributed by atoms with Crippen molar-refractivity contribution < 1.29 is 14.6 Å². The maximum atomic E-state index is 11.9. The van der Waals surface area contributed by atoms with Gasteiger partial charge in [0.05, 0.1) is 6.61 Å². The second kappa shape index (κ2) is 15.1. The largest absolute Gasteiger partial charge is 0.504 e. The van der Waals surface area contributed by atoms with E-state index in [1.165, 1.54) is 38.5 Å². The number of ketones is 1. The van der Waals surface area contributed by atoms with Crippen molar-refractivity contribution in [2.24, 2.45) is 0 Å². The number of carbonyl (C=O) groups excluding carboxylic acids is 1. The summed E-state index contributed by atoms with van der Waals surface area (Å²) in [5, 5.41) is 9.77. The second-order valence-electron chi connectivity index (χ2n) is 6.99. The molecule has 150 valence electrons. The molecule has 0 bridgehead atoms. The lowest BCUT2D eigenvalue weighted by atomic mass is 10.1. The van der Waals surface area contributed by atoms with E-state index >= 15 is 0 Å². The summed E-state index contributed by atoms with van der Waals surface area (Å²) in [5.74, 6) is 0.828. The first-order chi connectivity index (χ1) is 13.2. The number of rotatable bonds is 15. The van der Waals surface area contributed by atoms with Gasteiger partial charge in [-0.3, -0.25) is 4.79 Å². The fraction of sp³-hybridized carbons (Fsp3) is 0.542. The lowest BCUT2D eigenvalue weighted by Crippen LogP contribution is -1.95. The highest BCUT2D eigenvalue weighted by Crippen LogP contribution is 2.27. The van der Waals surface area contributed by atoms with Gasteiger partial charge in [0.15, 0.2) is 17.3 Å². The molecule has 0 fully saturated rings. The van der Waals surface area contributed by atoms with Gasteiger partial charge in [0.1, 0.15) is 0 Å². The maximum Gasteiger partial charge on any atom is 0.161 e. The number of ether oxygens (including phenoxy) is 1. The van der Waals surface area contributed by atoms with Gasteiger partial charge in [0.25, 0.3) is 0 Å². The lowest BCUT2D eigenvalue weighted by molar-refractivity contribution is -0.114. The van der Waals surface area contributed by atoms with Crippen molar-refractivity contribution in [1.29, 1.82) is 0 Å². The van der Waals surface area contributed by atoms with Crippen LogP contribution in [0, 0.1) is 0 Å². The molecule has 3 nitrogen and oxygen atoms in total. The Morgan fingerprint density at radius 2 is 1.67 bits per heavy atom. The van der Waals surface area contributed by atoms with E-state index in [9.17, 15) is 9.90 Å². The molecule has 0 aliphatic carbocycles. The summed E-state index contributed by atoms with van der Waals surface area (Å²) < 4.78 is 5.51. The van der Waals surface area contributed by atoms with Crippen LogP contribution in [0.5, 0.6) is 11.5 Å². The zero-order valence-electron chi connectivity index (χ0n) is 17.1. The van der Waals surface area contributed by atoms with E-state index < -0.39 is 0 Å². The van der Waals surface area contributed by atoms with Crippen LogP contribution in [-0.2, 0) is 4.79 Å². The minimum absolute atomic E-state index is 0.150. The first-order valence-electron chi connectivity index (χ1n) is 10.5. The topological polar surface area (TPSA) is 46.5 Å². The molecule has 0 spiro atoms. The molecule has 0 aliphatic heterocycles. The molecule has 0 amide bonds. The lowest BCUT2D eigenvalue weighted by Gasteiger charge is -2.07. The number of allylic oxidation sites excluding steroid dienone is 3. The number of unbranched alkanes of at least 4 members (excludes halogenated alkanes) is 7. The Balaban J connectivity index is 2.25. The van der Waals surface area contributed by atoms with E-state index in [1.807, 2.05) is 25.1 Å². The molecule has 3 heteroatoms. The minimum atomic E-state index is 0.150. The number of carbonyl (C=O) groups is 1. The number of hydrogen-bond acceptors (Lipinski definition) is 3. The van der Waals surface area contributed by atoms with E-state index in [1.54, 1.807) is 24.3 Å². The number of benzene rings is 1. The SMILES string of the molecule is CCCCCCCCCCC(=O)C=CC=Cc1ccc(O)c(OCCC)c1. The molecule has 0 atom stereocenters. The number of phenols is 1. The fourth-order valence-electron chi connectivity index (χ4n) is 2.81. The van der Waals surface area contributed by atoms with Gasteiger partial charge in [0.2, 0.25) is 0 Å². The van der Waals surface area contributed by atoms with Gasteiger partial charge in [0, 0.05) is 6.42 Å². The van der Waals surface area contributed by atoms with Gasteiger partial charge in [-0.2, -0.15) is 0 Å². The highest BCUT2D eigenvalue weighted by atomic mass is 16.5. The Morgan fingerprint density at radius 1 is 0.963 bits per heavy atom. The van der Waals surface area contributed by atoms with Gasteiger partial charge >= 0.3 is 0 Å². The Morgan fingerprint density at radius 3 is 2.37 bits per heavy atom. The zero-order chi connectivity index (χ0) is 19.7. The van der Waals surface area contributed by atoms with Gasteiger partial charge in [-0.05, 0) is 36.6 Å². The quantitative estimate of drug-likeness (QED) is 0.208. The Hall–Kier alpha value is -2.03. The number of hydrogen-bond donors (Lipinski definition) is 1. The molecular formula is C24H36O3. The van der Waals surface area contributed by atoms with Crippen molar-refractivity contribution in [3.05, 3.63) is 42.0 Å². The van der Waals surface area contributed by atoms with Crippen molar-refractivity contribution >= 4 is 11.9 Å². The third kappa shape index (κ3) is 11.3. The molecule has 0 aromatic heterocycles.